The lowest BCUT2D eigenvalue weighted by Gasteiger charge is -2.17. The van der Waals surface area contributed by atoms with Crippen LogP contribution in [-0.4, -0.2) is 20.9 Å². The van der Waals surface area contributed by atoms with E-state index in [0.717, 1.165) is 24.8 Å². The largest absolute Gasteiger partial charge is 0.312 e. The van der Waals surface area contributed by atoms with Gasteiger partial charge in [0.25, 0.3) is 9.05 Å². The summed E-state index contributed by atoms with van der Waals surface area (Å²) >= 11 is 3.22. The van der Waals surface area contributed by atoms with Crippen molar-refractivity contribution in [2.75, 3.05) is 11.4 Å². The van der Waals surface area contributed by atoms with Crippen LogP contribution in [0.15, 0.2) is 21.5 Å². The summed E-state index contributed by atoms with van der Waals surface area (Å²) in [6.07, 6.45) is 2.61. The highest BCUT2D eigenvalue weighted by Gasteiger charge is 2.37. The van der Waals surface area contributed by atoms with Crippen LogP contribution in [0.2, 0.25) is 0 Å². The minimum Gasteiger partial charge on any atom is -0.312 e. The number of anilines is 1. The third-order valence-corrected chi connectivity index (χ3v) is 5.76. The molecule has 0 spiro atoms. The summed E-state index contributed by atoms with van der Waals surface area (Å²) in [5, 5.41) is 0. The van der Waals surface area contributed by atoms with Crippen LogP contribution < -0.4 is 4.90 Å². The highest BCUT2D eigenvalue weighted by Crippen LogP contribution is 2.40. The summed E-state index contributed by atoms with van der Waals surface area (Å²) in [6.45, 7) is 0.614. The first-order chi connectivity index (χ1) is 8.88. The Morgan fingerprint density at radius 2 is 2.05 bits per heavy atom. The summed E-state index contributed by atoms with van der Waals surface area (Å²) in [4.78, 5) is 13.9. The summed E-state index contributed by atoms with van der Waals surface area (Å²) < 4.78 is 23.5. The molecule has 1 amide bonds. The molecule has 2 aliphatic rings. The van der Waals surface area contributed by atoms with E-state index in [-0.39, 0.29) is 16.7 Å². The van der Waals surface area contributed by atoms with Crippen LogP contribution in [0.3, 0.4) is 0 Å². The van der Waals surface area contributed by atoms with E-state index < -0.39 is 9.05 Å². The molecule has 1 fully saturated rings. The molecule has 1 aromatic carbocycles. The second-order valence-electron chi connectivity index (χ2n) is 4.86. The van der Waals surface area contributed by atoms with Crippen molar-refractivity contribution in [3.8, 4) is 0 Å². The lowest BCUT2D eigenvalue weighted by molar-refractivity contribution is -0.119. The zero-order valence-electron chi connectivity index (χ0n) is 9.90. The zero-order valence-corrected chi connectivity index (χ0v) is 13.1. The summed E-state index contributed by atoms with van der Waals surface area (Å²) in [5.41, 5.74) is 1.66. The number of nitrogens with zero attached hydrogens (tertiary/aromatic N) is 1. The average Bonchev–Trinajstić information content (AvgIpc) is 3.07. The Labute approximate surface area is 124 Å². The van der Waals surface area contributed by atoms with E-state index in [9.17, 15) is 13.2 Å². The van der Waals surface area contributed by atoms with Gasteiger partial charge in [-0.2, -0.15) is 0 Å². The van der Waals surface area contributed by atoms with Crippen LogP contribution in [0.25, 0.3) is 0 Å². The molecule has 1 saturated carbocycles. The molecule has 0 saturated heterocycles. The van der Waals surface area contributed by atoms with Gasteiger partial charge in [-0.05, 0) is 52.9 Å². The molecule has 0 atom stereocenters. The number of benzene rings is 1. The Morgan fingerprint density at radius 1 is 1.37 bits per heavy atom. The van der Waals surface area contributed by atoms with Gasteiger partial charge in [-0.25, -0.2) is 8.42 Å². The number of halogens is 2. The van der Waals surface area contributed by atoms with Crippen molar-refractivity contribution in [3.63, 3.8) is 0 Å². The molecular formula is C12H11BrClNO3S. The molecule has 3 rings (SSSR count). The number of rotatable bonds is 2. The SMILES string of the molecule is O=C(C1CC1)N1CCc2cc(Br)c(S(=O)(=O)Cl)cc21. The van der Waals surface area contributed by atoms with Crippen LogP contribution in [0.1, 0.15) is 18.4 Å². The number of amides is 1. The van der Waals surface area contributed by atoms with Crippen LogP contribution in [0.5, 0.6) is 0 Å². The number of carbonyl (C=O) groups excluding carboxylic acids is 1. The minimum atomic E-state index is -3.82. The summed E-state index contributed by atoms with van der Waals surface area (Å²) in [6, 6.07) is 3.24. The van der Waals surface area contributed by atoms with Crippen molar-refractivity contribution in [2.24, 2.45) is 5.92 Å². The lowest BCUT2D eigenvalue weighted by Crippen LogP contribution is -2.30. The Balaban J connectivity index is 2.07. The van der Waals surface area contributed by atoms with Gasteiger partial charge in [0.15, 0.2) is 0 Å². The van der Waals surface area contributed by atoms with Gasteiger partial charge in [-0.3, -0.25) is 4.79 Å². The van der Waals surface area contributed by atoms with Crippen LogP contribution >= 0.6 is 26.6 Å². The second kappa shape index (κ2) is 4.46. The predicted octanol–water partition coefficient (Wildman–Crippen LogP) is 2.68. The van der Waals surface area contributed by atoms with Crippen molar-refractivity contribution in [1.29, 1.82) is 0 Å². The lowest BCUT2D eigenvalue weighted by atomic mass is 10.2. The number of hydrogen-bond acceptors (Lipinski definition) is 3. The summed E-state index contributed by atoms with van der Waals surface area (Å²) in [7, 11) is 1.59. The first-order valence-corrected chi connectivity index (χ1v) is 9.06. The maximum Gasteiger partial charge on any atom is 0.262 e. The molecule has 1 heterocycles. The van der Waals surface area contributed by atoms with E-state index in [2.05, 4.69) is 15.9 Å². The molecule has 4 nitrogen and oxygen atoms in total. The molecule has 7 heteroatoms. The van der Waals surface area contributed by atoms with Crippen LogP contribution in [0.4, 0.5) is 5.69 Å². The maximum absolute atomic E-state index is 12.1. The van der Waals surface area contributed by atoms with E-state index in [1.807, 2.05) is 0 Å². The quantitative estimate of drug-likeness (QED) is 0.758. The van der Waals surface area contributed by atoms with Crippen molar-refractivity contribution in [3.05, 3.63) is 22.2 Å². The first-order valence-electron chi connectivity index (χ1n) is 5.96. The molecule has 1 aliphatic heterocycles. The Kier molecular flexibility index (Phi) is 3.15. The molecule has 0 unspecified atom stereocenters. The van der Waals surface area contributed by atoms with E-state index in [0.29, 0.717) is 16.7 Å². The fourth-order valence-corrected chi connectivity index (χ4v) is 4.59. The number of hydrogen-bond donors (Lipinski definition) is 0. The third-order valence-electron chi connectivity index (χ3n) is 3.48. The van der Waals surface area contributed by atoms with Gasteiger partial charge in [0.05, 0.1) is 4.90 Å². The molecule has 0 N–H and O–H groups in total. The average molecular weight is 365 g/mol. The normalized spacial score (nSPS) is 18.5. The summed E-state index contributed by atoms with van der Waals surface area (Å²) in [5.74, 6) is 0.213. The molecule has 102 valence electrons. The van der Waals surface area contributed by atoms with Gasteiger partial charge in [0.1, 0.15) is 0 Å². The number of carbonyl (C=O) groups is 1. The van der Waals surface area contributed by atoms with Gasteiger partial charge in [-0.1, -0.05) is 0 Å². The number of fused-ring (bicyclic) bond motifs is 1. The van der Waals surface area contributed by atoms with Crippen molar-refractivity contribution in [1.82, 2.24) is 0 Å². The smallest absolute Gasteiger partial charge is 0.262 e. The zero-order chi connectivity index (χ0) is 13.8. The maximum atomic E-state index is 12.1. The molecule has 0 aromatic heterocycles. The molecule has 0 radical (unpaired) electrons. The van der Waals surface area contributed by atoms with E-state index >= 15 is 0 Å². The third kappa shape index (κ3) is 2.41. The minimum absolute atomic E-state index is 0.0170. The standard InChI is InChI=1S/C12H11BrClNO3S/c13-9-5-8-3-4-15(12(16)7-1-2-7)10(8)6-11(9)19(14,17)18/h5-7H,1-4H2. The topological polar surface area (TPSA) is 54.5 Å². The molecule has 1 aliphatic carbocycles. The van der Waals surface area contributed by atoms with Gasteiger partial charge in [0.2, 0.25) is 5.91 Å². The van der Waals surface area contributed by atoms with Crippen molar-refractivity contribution < 1.29 is 13.2 Å². The molecule has 19 heavy (non-hydrogen) atoms. The van der Waals surface area contributed by atoms with Crippen molar-refractivity contribution in [2.45, 2.75) is 24.2 Å². The monoisotopic (exact) mass is 363 g/mol. The molecule has 0 bridgehead atoms. The van der Waals surface area contributed by atoms with E-state index in [4.69, 9.17) is 10.7 Å². The van der Waals surface area contributed by atoms with Gasteiger partial charge < -0.3 is 4.90 Å². The predicted molar refractivity (Wildman–Crippen MR) is 76.0 cm³/mol. The Morgan fingerprint density at radius 3 is 2.63 bits per heavy atom. The van der Waals surface area contributed by atoms with E-state index in [1.54, 1.807) is 11.0 Å². The second-order valence-corrected chi connectivity index (χ2v) is 8.25. The van der Waals surface area contributed by atoms with Gasteiger partial charge in [-0.15, -0.1) is 0 Å². The highest BCUT2D eigenvalue weighted by molar-refractivity contribution is 9.10. The fourth-order valence-electron chi connectivity index (χ4n) is 2.35. The van der Waals surface area contributed by atoms with Gasteiger partial charge in [0, 0.05) is 33.3 Å². The Hall–Kier alpha value is -0.590. The highest BCUT2D eigenvalue weighted by atomic mass is 79.9. The molecule has 1 aromatic rings. The Bertz CT molecular complexity index is 670. The van der Waals surface area contributed by atoms with E-state index in [1.165, 1.54) is 6.07 Å². The molecular weight excluding hydrogens is 354 g/mol. The first kappa shape index (κ1) is 13.4. The van der Waals surface area contributed by atoms with Crippen molar-refractivity contribution >= 4 is 47.3 Å². The van der Waals surface area contributed by atoms with Crippen LogP contribution in [-0.2, 0) is 20.3 Å². The fraction of sp³-hybridized carbons (Fsp3) is 0.417. The van der Waals surface area contributed by atoms with Crippen LogP contribution in [0, 0.1) is 5.92 Å². The van der Waals surface area contributed by atoms with Gasteiger partial charge >= 0.3 is 0 Å².